The molecule has 8 heteroatoms. The number of thiazole rings is 1. The predicted molar refractivity (Wildman–Crippen MR) is 192 cm³/mol. The smallest absolute Gasteiger partial charge is 0.309 e. The number of anilines is 1. The molecule has 0 aliphatic carbocycles. The van der Waals surface area contributed by atoms with E-state index < -0.39 is 17.6 Å². The van der Waals surface area contributed by atoms with Crippen LogP contribution in [0.2, 0.25) is 0 Å². The van der Waals surface area contributed by atoms with E-state index in [9.17, 15) is 9.59 Å². The van der Waals surface area contributed by atoms with Gasteiger partial charge in [-0.15, -0.1) is 11.3 Å². The number of nitrogen functional groups attached to an aromatic ring is 1. The summed E-state index contributed by atoms with van der Waals surface area (Å²) in [5.41, 5.74) is 7.77. The van der Waals surface area contributed by atoms with E-state index in [2.05, 4.69) is 50.9 Å². The Labute approximate surface area is 283 Å². The third-order valence-corrected chi connectivity index (χ3v) is 9.82. The summed E-state index contributed by atoms with van der Waals surface area (Å²) in [5, 5.41) is 2.39. The normalized spacial score (nSPS) is 25.6. The van der Waals surface area contributed by atoms with Gasteiger partial charge in [0, 0.05) is 30.9 Å². The molecule has 2 rings (SSSR count). The number of aromatic nitrogens is 1. The molecule has 0 fully saturated rings. The Morgan fingerprint density at radius 3 is 2.39 bits per heavy atom. The minimum absolute atomic E-state index is 0.00546. The fraction of sp³-hybridized carbons (Fsp3) is 0.711. The number of ether oxygens (including phenoxy) is 3. The molecule has 260 valence electrons. The van der Waals surface area contributed by atoms with Gasteiger partial charge in [-0.2, -0.15) is 0 Å². The molecule has 0 saturated heterocycles. The van der Waals surface area contributed by atoms with E-state index in [0.29, 0.717) is 24.8 Å². The number of rotatable bonds is 13. The van der Waals surface area contributed by atoms with E-state index in [-0.39, 0.29) is 36.1 Å². The lowest BCUT2D eigenvalue weighted by molar-refractivity contribution is -0.158. The number of nitrogens with zero attached hydrogens (tertiary/aromatic N) is 1. The first-order chi connectivity index (χ1) is 21.9. The second kappa shape index (κ2) is 20.8. The highest BCUT2D eigenvalue weighted by Crippen LogP contribution is 2.35. The first-order valence-corrected chi connectivity index (χ1v) is 18.4. The number of nitrogens with two attached hydrogens (primary N) is 1. The molecule has 0 amide bonds. The van der Waals surface area contributed by atoms with Crippen molar-refractivity contribution in [1.29, 1.82) is 0 Å². The zero-order chi connectivity index (χ0) is 34.1. The number of Topliss-reactive ketones (excluding diaryl/α,β-unsaturated/α-hetero) is 1. The highest BCUT2D eigenvalue weighted by atomic mass is 32.1. The van der Waals surface area contributed by atoms with E-state index in [4.69, 9.17) is 19.9 Å². The summed E-state index contributed by atoms with van der Waals surface area (Å²) in [7, 11) is 0. The summed E-state index contributed by atoms with van der Waals surface area (Å²) < 4.78 is 19.1. The highest BCUT2D eigenvalue weighted by molar-refractivity contribution is 7.13. The molecule has 0 bridgehead atoms. The lowest BCUT2D eigenvalue weighted by Crippen LogP contribution is -2.47. The summed E-state index contributed by atoms with van der Waals surface area (Å²) in [6.07, 6.45) is 16.7. The number of hydrogen-bond donors (Lipinski definition) is 1. The van der Waals surface area contributed by atoms with Gasteiger partial charge in [-0.3, -0.25) is 9.59 Å². The van der Waals surface area contributed by atoms with Gasteiger partial charge in [0.25, 0.3) is 0 Å². The molecule has 1 aliphatic heterocycles. The molecule has 0 aromatic carbocycles. The van der Waals surface area contributed by atoms with Crippen LogP contribution in [-0.2, 0) is 23.8 Å². The molecule has 5 atom stereocenters. The molecular weight excluding hydrogens is 596 g/mol. The van der Waals surface area contributed by atoms with Crippen LogP contribution in [-0.4, -0.2) is 48.3 Å². The zero-order valence-corrected chi connectivity index (χ0v) is 30.8. The largest absolute Gasteiger partial charge is 0.457 e. The van der Waals surface area contributed by atoms with E-state index in [1.807, 2.05) is 39.2 Å². The fourth-order valence-electron chi connectivity index (χ4n) is 6.03. The zero-order valence-electron chi connectivity index (χ0n) is 29.9. The molecule has 1 aliphatic rings. The Kier molecular flexibility index (Phi) is 18.1. The third kappa shape index (κ3) is 13.4. The van der Waals surface area contributed by atoms with Gasteiger partial charge in [-0.1, -0.05) is 97.4 Å². The van der Waals surface area contributed by atoms with Crippen molar-refractivity contribution in [2.45, 2.75) is 144 Å². The van der Waals surface area contributed by atoms with Crippen LogP contribution in [0, 0.1) is 17.3 Å². The fourth-order valence-corrected chi connectivity index (χ4v) is 6.55. The maximum atomic E-state index is 14.4. The van der Waals surface area contributed by atoms with Gasteiger partial charge in [-0.25, -0.2) is 4.98 Å². The quantitative estimate of drug-likeness (QED) is 0.128. The Hall–Kier alpha value is -2.29. The van der Waals surface area contributed by atoms with Gasteiger partial charge < -0.3 is 19.9 Å². The molecule has 46 heavy (non-hydrogen) atoms. The lowest BCUT2D eigenvalue weighted by atomic mass is 9.73. The summed E-state index contributed by atoms with van der Waals surface area (Å²) in [6.45, 7) is 17.6. The third-order valence-electron chi connectivity index (χ3n) is 9.13. The molecule has 1 aromatic rings. The van der Waals surface area contributed by atoms with Crippen molar-refractivity contribution < 1.29 is 23.8 Å². The van der Waals surface area contributed by atoms with Crippen molar-refractivity contribution >= 4 is 34.3 Å². The number of hydrogen-bond acceptors (Lipinski definition) is 8. The van der Waals surface area contributed by atoms with Crippen molar-refractivity contribution in [3.63, 3.8) is 0 Å². The molecule has 2 N–H and O–H groups in total. The van der Waals surface area contributed by atoms with Gasteiger partial charge in [0.15, 0.2) is 5.13 Å². The number of esters is 1. The number of unbranched alkanes of at least 4 members (excludes halogenated alkanes) is 5. The van der Waals surface area contributed by atoms with Gasteiger partial charge in [0.05, 0.1) is 29.7 Å². The van der Waals surface area contributed by atoms with Crippen LogP contribution < -0.4 is 5.73 Å². The van der Waals surface area contributed by atoms with Crippen LogP contribution in [0.15, 0.2) is 34.8 Å². The van der Waals surface area contributed by atoms with Crippen molar-refractivity contribution in [1.82, 2.24) is 4.98 Å². The Bertz CT molecular complexity index is 1150. The van der Waals surface area contributed by atoms with E-state index >= 15 is 0 Å². The van der Waals surface area contributed by atoms with Crippen LogP contribution in [0.3, 0.4) is 0 Å². The number of ketones is 1. The maximum Gasteiger partial charge on any atom is 0.309 e. The second-order valence-corrected chi connectivity index (χ2v) is 14.6. The Morgan fingerprint density at radius 2 is 1.72 bits per heavy atom. The minimum Gasteiger partial charge on any atom is -0.457 e. The summed E-state index contributed by atoms with van der Waals surface area (Å²) in [5.74, 6) is -0.518. The van der Waals surface area contributed by atoms with E-state index in [1.54, 1.807) is 0 Å². The highest BCUT2D eigenvalue weighted by Gasteiger charge is 2.44. The van der Waals surface area contributed by atoms with Crippen LogP contribution in [0.5, 0.6) is 0 Å². The number of allylic oxidation sites excluding steroid dienone is 3. The lowest BCUT2D eigenvalue weighted by Gasteiger charge is -2.38. The maximum absolute atomic E-state index is 14.4. The van der Waals surface area contributed by atoms with Crippen LogP contribution in [0.4, 0.5) is 5.13 Å². The van der Waals surface area contributed by atoms with E-state index in [0.717, 1.165) is 69.1 Å². The van der Waals surface area contributed by atoms with Crippen molar-refractivity contribution in [2.24, 2.45) is 17.3 Å². The SMILES string of the molecule is CCCCCCO[C@H]1CC(=O)O[C@H](C(C)=Cc2csc(N)n2)CC=C(C)CC=CC[C@H](C)[C@H](OCCCCC)[C@@H](C)C(=O)C1(C)C. The standard InChI is InChI=1S/C38H62N2O5S/c1-9-11-13-17-22-43-33-25-34(41)45-32(29(5)24-31-26-46-37(39)40-31)21-20-27(3)18-14-15-19-28(4)35(44-23-16-12-10-2)30(6)36(42)38(33,7)8/h14-15,20,24,26,28,30,32-33,35H,9-13,16-19,21-23,25H2,1-8H3,(H2,39,40)/t28-,30+,32-,33-,35-/m0/s1. The summed E-state index contributed by atoms with van der Waals surface area (Å²) in [6, 6.07) is 0. The molecule has 7 nitrogen and oxygen atoms in total. The minimum atomic E-state index is -0.924. The van der Waals surface area contributed by atoms with Crippen molar-refractivity contribution in [2.75, 3.05) is 18.9 Å². The average Bonchev–Trinajstić information content (AvgIpc) is 3.43. The molecule has 1 aromatic heterocycles. The van der Waals surface area contributed by atoms with Crippen LogP contribution in [0.25, 0.3) is 6.08 Å². The predicted octanol–water partition coefficient (Wildman–Crippen LogP) is 9.53. The summed E-state index contributed by atoms with van der Waals surface area (Å²) in [4.78, 5) is 32.4. The molecule has 0 saturated carbocycles. The molecule has 0 unspecified atom stereocenters. The van der Waals surface area contributed by atoms with Gasteiger partial charge >= 0.3 is 5.97 Å². The topological polar surface area (TPSA) is 101 Å². The molecule has 0 radical (unpaired) electrons. The Balaban J connectivity index is 2.45. The number of carbonyl (C=O) groups is 2. The van der Waals surface area contributed by atoms with Crippen LogP contribution in [0.1, 0.15) is 132 Å². The molecular formula is C38H62N2O5S. The molecule has 0 spiro atoms. The second-order valence-electron chi connectivity index (χ2n) is 13.7. The number of cyclic esters (lactones) is 1. The first-order valence-electron chi connectivity index (χ1n) is 17.6. The van der Waals surface area contributed by atoms with Crippen molar-refractivity contribution in [3.05, 3.63) is 40.4 Å². The van der Waals surface area contributed by atoms with Gasteiger partial charge in [0.2, 0.25) is 0 Å². The summed E-state index contributed by atoms with van der Waals surface area (Å²) >= 11 is 1.38. The Morgan fingerprint density at radius 1 is 1.04 bits per heavy atom. The molecule has 2 heterocycles. The van der Waals surface area contributed by atoms with Crippen molar-refractivity contribution in [3.8, 4) is 0 Å². The first kappa shape index (κ1) is 39.9. The average molecular weight is 659 g/mol. The van der Waals surface area contributed by atoms with Crippen LogP contribution >= 0.6 is 11.3 Å². The van der Waals surface area contributed by atoms with E-state index in [1.165, 1.54) is 16.9 Å². The number of carbonyl (C=O) groups excluding carboxylic acids is 2. The van der Waals surface area contributed by atoms with Gasteiger partial charge in [0.1, 0.15) is 11.9 Å². The van der Waals surface area contributed by atoms with Gasteiger partial charge in [-0.05, 0) is 57.1 Å². The monoisotopic (exact) mass is 658 g/mol.